The predicted molar refractivity (Wildman–Crippen MR) is 110 cm³/mol. The molecule has 7 nitrogen and oxygen atoms in total. The summed E-state index contributed by atoms with van der Waals surface area (Å²) in [6.45, 7) is 7.94. The zero-order valence-electron chi connectivity index (χ0n) is 16.9. The molecule has 1 amide bonds. The first-order valence-electron chi connectivity index (χ1n) is 10.1. The van der Waals surface area contributed by atoms with Gasteiger partial charge >= 0.3 is 0 Å². The first-order chi connectivity index (χ1) is 14.3. The van der Waals surface area contributed by atoms with E-state index in [-0.39, 0.29) is 5.91 Å². The van der Waals surface area contributed by atoms with E-state index in [1.807, 2.05) is 19.1 Å². The highest BCUT2D eigenvalue weighted by Gasteiger charge is 2.13. The maximum atomic E-state index is 12.5. The van der Waals surface area contributed by atoms with Crippen LogP contribution in [0.1, 0.15) is 29.3 Å². The number of morpholine rings is 1. The number of nitrogens with one attached hydrogen (secondary N) is 1. The van der Waals surface area contributed by atoms with Crippen LogP contribution in [0.25, 0.3) is 0 Å². The topological polar surface area (TPSA) is 72.9 Å². The summed E-state index contributed by atoms with van der Waals surface area (Å²) >= 11 is 0. The van der Waals surface area contributed by atoms with Gasteiger partial charge in [-0.15, -0.1) is 0 Å². The van der Waals surface area contributed by atoms with Gasteiger partial charge < -0.3 is 19.5 Å². The Morgan fingerprint density at radius 2 is 1.93 bits per heavy atom. The smallest absolute Gasteiger partial charge is 0.251 e. The second-order valence-electron chi connectivity index (χ2n) is 6.80. The second kappa shape index (κ2) is 11.4. The van der Waals surface area contributed by atoms with Gasteiger partial charge in [0.15, 0.2) is 11.5 Å². The highest BCUT2D eigenvalue weighted by atomic mass is 16.5. The van der Waals surface area contributed by atoms with Crippen molar-refractivity contribution in [2.75, 3.05) is 46.0 Å². The number of benzene rings is 1. The van der Waals surface area contributed by atoms with E-state index in [1.54, 1.807) is 30.6 Å². The molecule has 1 aliphatic rings. The van der Waals surface area contributed by atoms with Gasteiger partial charge in [0.2, 0.25) is 0 Å². The highest BCUT2D eigenvalue weighted by Crippen LogP contribution is 2.29. The number of nitrogens with zero attached hydrogens (tertiary/aromatic N) is 2. The Balaban J connectivity index is 1.51. The zero-order chi connectivity index (χ0) is 20.3. The number of carbonyl (C=O) groups is 1. The summed E-state index contributed by atoms with van der Waals surface area (Å²) in [5.41, 5.74) is 1.58. The van der Waals surface area contributed by atoms with Gasteiger partial charge in [0.25, 0.3) is 5.91 Å². The van der Waals surface area contributed by atoms with Crippen LogP contribution in [0.2, 0.25) is 0 Å². The third-order valence-corrected chi connectivity index (χ3v) is 4.69. The van der Waals surface area contributed by atoms with E-state index in [4.69, 9.17) is 14.2 Å². The van der Waals surface area contributed by atoms with Crippen LogP contribution in [-0.4, -0.2) is 61.8 Å². The van der Waals surface area contributed by atoms with E-state index in [9.17, 15) is 4.79 Å². The first kappa shape index (κ1) is 21.1. The first-order valence-corrected chi connectivity index (χ1v) is 10.1. The van der Waals surface area contributed by atoms with Crippen molar-refractivity contribution in [2.45, 2.75) is 20.0 Å². The summed E-state index contributed by atoms with van der Waals surface area (Å²) < 4.78 is 16.9. The molecule has 1 aliphatic heterocycles. The van der Waals surface area contributed by atoms with Crippen LogP contribution in [0.15, 0.2) is 42.7 Å². The fraction of sp³-hybridized carbons (Fsp3) is 0.455. The molecule has 0 bridgehead atoms. The molecule has 0 unspecified atom stereocenters. The van der Waals surface area contributed by atoms with Crippen molar-refractivity contribution < 1.29 is 19.0 Å². The molecule has 2 aromatic rings. The summed E-state index contributed by atoms with van der Waals surface area (Å²) in [6.07, 6.45) is 4.38. The van der Waals surface area contributed by atoms with Gasteiger partial charge in [-0.05, 0) is 55.8 Å². The number of rotatable bonds is 10. The van der Waals surface area contributed by atoms with Crippen LogP contribution in [0, 0.1) is 0 Å². The Morgan fingerprint density at radius 3 is 2.69 bits per heavy atom. The SMILES string of the molecule is CCOc1cc(C(=O)NCCCN2CCOCC2)ccc1OCc1ccncc1. The molecule has 1 aromatic carbocycles. The number of hydrogen-bond acceptors (Lipinski definition) is 6. The largest absolute Gasteiger partial charge is 0.490 e. The fourth-order valence-corrected chi connectivity index (χ4v) is 3.11. The quantitative estimate of drug-likeness (QED) is 0.619. The normalized spacial score (nSPS) is 14.4. The molecule has 3 rings (SSSR count). The second-order valence-corrected chi connectivity index (χ2v) is 6.80. The molecule has 1 N–H and O–H groups in total. The van der Waals surface area contributed by atoms with Crippen LogP contribution in [0.3, 0.4) is 0 Å². The number of carbonyl (C=O) groups excluding carboxylic acids is 1. The number of ether oxygens (including phenoxy) is 3. The molecule has 0 radical (unpaired) electrons. The standard InChI is InChI=1S/C22H29N3O4/c1-2-28-21-16-19(4-5-20(21)29-17-18-6-9-23-10-7-18)22(26)24-8-3-11-25-12-14-27-15-13-25/h4-7,9-10,16H,2-3,8,11-15,17H2,1H3,(H,24,26). The summed E-state index contributed by atoms with van der Waals surface area (Å²) in [5, 5.41) is 2.99. The van der Waals surface area contributed by atoms with Gasteiger partial charge in [0.05, 0.1) is 19.8 Å². The van der Waals surface area contributed by atoms with Gasteiger partial charge in [-0.1, -0.05) is 0 Å². The molecular formula is C22H29N3O4. The summed E-state index contributed by atoms with van der Waals surface area (Å²) in [7, 11) is 0. The molecule has 7 heteroatoms. The van der Waals surface area contributed by atoms with Crippen molar-refractivity contribution >= 4 is 5.91 Å². The minimum Gasteiger partial charge on any atom is -0.490 e. The summed E-state index contributed by atoms with van der Waals surface area (Å²) in [6, 6.07) is 9.09. The van der Waals surface area contributed by atoms with Crippen molar-refractivity contribution in [1.29, 1.82) is 0 Å². The predicted octanol–water partition coefficient (Wildman–Crippen LogP) is 2.51. The lowest BCUT2D eigenvalue weighted by Gasteiger charge is -2.26. The Bertz CT molecular complexity index is 764. The Morgan fingerprint density at radius 1 is 1.14 bits per heavy atom. The minimum atomic E-state index is -0.103. The number of amides is 1. The Labute approximate surface area is 172 Å². The fourth-order valence-electron chi connectivity index (χ4n) is 3.11. The number of aromatic nitrogens is 1. The van der Waals surface area contributed by atoms with Crippen LogP contribution in [0.4, 0.5) is 0 Å². The van der Waals surface area contributed by atoms with Crippen LogP contribution in [0.5, 0.6) is 11.5 Å². The van der Waals surface area contributed by atoms with E-state index in [2.05, 4.69) is 15.2 Å². The summed E-state index contributed by atoms with van der Waals surface area (Å²) in [5.74, 6) is 1.09. The molecule has 29 heavy (non-hydrogen) atoms. The van der Waals surface area contributed by atoms with Crippen LogP contribution < -0.4 is 14.8 Å². The monoisotopic (exact) mass is 399 g/mol. The molecule has 156 valence electrons. The van der Waals surface area contributed by atoms with Crippen molar-refractivity contribution in [3.8, 4) is 11.5 Å². The van der Waals surface area contributed by atoms with E-state index in [0.29, 0.717) is 36.8 Å². The van der Waals surface area contributed by atoms with E-state index in [1.165, 1.54) is 0 Å². The third-order valence-electron chi connectivity index (χ3n) is 4.69. The van der Waals surface area contributed by atoms with E-state index < -0.39 is 0 Å². The molecule has 2 heterocycles. The molecule has 1 aromatic heterocycles. The maximum Gasteiger partial charge on any atom is 0.251 e. The van der Waals surface area contributed by atoms with Gasteiger partial charge in [-0.2, -0.15) is 0 Å². The van der Waals surface area contributed by atoms with E-state index in [0.717, 1.165) is 44.8 Å². The zero-order valence-corrected chi connectivity index (χ0v) is 16.9. The van der Waals surface area contributed by atoms with Gasteiger partial charge in [-0.3, -0.25) is 14.7 Å². The summed E-state index contributed by atoms with van der Waals surface area (Å²) in [4.78, 5) is 18.9. The molecule has 0 aliphatic carbocycles. The lowest BCUT2D eigenvalue weighted by Crippen LogP contribution is -2.38. The molecule has 0 spiro atoms. The van der Waals surface area contributed by atoms with E-state index >= 15 is 0 Å². The van der Waals surface area contributed by atoms with Gasteiger partial charge in [-0.25, -0.2) is 0 Å². The maximum absolute atomic E-state index is 12.5. The molecule has 0 saturated carbocycles. The van der Waals surface area contributed by atoms with Gasteiger partial charge in [0.1, 0.15) is 6.61 Å². The third kappa shape index (κ3) is 6.73. The van der Waals surface area contributed by atoms with Crippen molar-refractivity contribution in [3.05, 3.63) is 53.9 Å². The molecular weight excluding hydrogens is 370 g/mol. The van der Waals surface area contributed by atoms with Crippen molar-refractivity contribution in [2.24, 2.45) is 0 Å². The molecule has 1 saturated heterocycles. The minimum absolute atomic E-state index is 0.103. The van der Waals surface area contributed by atoms with Gasteiger partial charge in [0, 0.05) is 37.6 Å². The highest BCUT2D eigenvalue weighted by molar-refractivity contribution is 5.94. The number of hydrogen-bond donors (Lipinski definition) is 1. The average molecular weight is 399 g/mol. The van der Waals surface area contributed by atoms with Crippen LogP contribution >= 0.6 is 0 Å². The average Bonchev–Trinajstić information content (AvgIpc) is 2.77. The Kier molecular flexibility index (Phi) is 8.27. The van der Waals surface area contributed by atoms with Crippen molar-refractivity contribution in [3.63, 3.8) is 0 Å². The lowest BCUT2D eigenvalue weighted by atomic mass is 10.2. The van der Waals surface area contributed by atoms with Crippen LogP contribution in [-0.2, 0) is 11.3 Å². The lowest BCUT2D eigenvalue weighted by molar-refractivity contribution is 0.0374. The van der Waals surface area contributed by atoms with Crippen molar-refractivity contribution in [1.82, 2.24) is 15.2 Å². The molecule has 1 fully saturated rings. The number of pyridine rings is 1. The molecule has 0 atom stereocenters. The Hall–Kier alpha value is -2.64.